The van der Waals surface area contributed by atoms with E-state index in [4.69, 9.17) is 9.47 Å². The van der Waals surface area contributed by atoms with Crippen molar-refractivity contribution >= 4 is 11.9 Å². The molecule has 1 aliphatic carbocycles. The molecule has 0 heterocycles. The van der Waals surface area contributed by atoms with Gasteiger partial charge in [0.05, 0.1) is 18.6 Å². The molecule has 0 aliphatic heterocycles. The minimum atomic E-state index is -0.840. The second-order valence-electron chi connectivity index (χ2n) is 5.28. The molecule has 116 valence electrons. The zero-order valence-corrected chi connectivity index (χ0v) is 12.2. The summed E-state index contributed by atoms with van der Waals surface area (Å²) in [6.45, 7) is 2.19. The second-order valence-corrected chi connectivity index (χ2v) is 5.28. The van der Waals surface area contributed by atoms with Crippen LogP contribution in [-0.4, -0.2) is 50.5 Å². The zero-order chi connectivity index (χ0) is 14.8. The van der Waals surface area contributed by atoms with E-state index >= 15 is 0 Å². The Bertz CT molecular complexity index is 313. The van der Waals surface area contributed by atoms with Crippen molar-refractivity contribution in [2.24, 2.45) is 5.41 Å². The van der Waals surface area contributed by atoms with Crippen molar-refractivity contribution in [1.82, 2.24) is 5.32 Å². The predicted octanol–water partition coefficient (Wildman–Crippen LogP) is 1.19. The van der Waals surface area contributed by atoms with Crippen molar-refractivity contribution in [3.05, 3.63) is 0 Å². The van der Waals surface area contributed by atoms with E-state index in [1.54, 1.807) is 7.11 Å². The molecule has 0 aromatic carbocycles. The first-order chi connectivity index (χ1) is 9.60. The van der Waals surface area contributed by atoms with Crippen LogP contribution in [-0.2, 0) is 19.1 Å². The molecule has 20 heavy (non-hydrogen) atoms. The Morgan fingerprint density at radius 1 is 1.20 bits per heavy atom. The molecule has 0 unspecified atom stereocenters. The third kappa shape index (κ3) is 5.46. The number of amides is 1. The molecule has 6 nitrogen and oxygen atoms in total. The number of ether oxygens (including phenoxy) is 2. The third-order valence-corrected chi connectivity index (χ3v) is 3.73. The Labute approximate surface area is 119 Å². The molecule has 0 radical (unpaired) electrons. The van der Waals surface area contributed by atoms with Gasteiger partial charge in [-0.2, -0.15) is 0 Å². The number of carbonyl (C=O) groups excluding carboxylic acids is 1. The van der Waals surface area contributed by atoms with Gasteiger partial charge in [-0.15, -0.1) is 0 Å². The molecule has 0 bridgehead atoms. The van der Waals surface area contributed by atoms with Gasteiger partial charge in [-0.3, -0.25) is 9.59 Å². The summed E-state index contributed by atoms with van der Waals surface area (Å²) < 4.78 is 10.1. The van der Waals surface area contributed by atoms with Gasteiger partial charge in [0.25, 0.3) is 0 Å². The van der Waals surface area contributed by atoms with E-state index in [0.29, 0.717) is 39.2 Å². The summed E-state index contributed by atoms with van der Waals surface area (Å²) in [7, 11) is 1.62. The number of aliphatic carboxylic acids is 1. The molecule has 0 aromatic heterocycles. The molecule has 1 amide bonds. The lowest BCUT2D eigenvalue weighted by Gasteiger charge is -2.22. The van der Waals surface area contributed by atoms with Crippen LogP contribution < -0.4 is 5.32 Å². The van der Waals surface area contributed by atoms with E-state index in [2.05, 4.69) is 5.32 Å². The summed E-state index contributed by atoms with van der Waals surface area (Å²) >= 11 is 0. The molecule has 0 spiro atoms. The van der Waals surface area contributed by atoms with Gasteiger partial charge in [0, 0.05) is 26.7 Å². The maximum absolute atomic E-state index is 11.8. The SMILES string of the molecule is COCCOCCCNC(=O)CC1(C(=O)O)CCCC1. The molecule has 1 rings (SSSR count). The molecule has 1 saturated carbocycles. The second kappa shape index (κ2) is 8.92. The van der Waals surface area contributed by atoms with Crippen molar-refractivity contribution in [3.8, 4) is 0 Å². The fourth-order valence-corrected chi connectivity index (χ4v) is 2.53. The molecule has 0 saturated heterocycles. The van der Waals surface area contributed by atoms with Crippen molar-refractivity contribution < 1.29 is 24.2 Å². The molecular formula is C14H25NO5. The highest BCUT2D eigenvalue weighted by molar-refractivity contribution is 5.85. The first kappa shape index (κ1) is 16.9. The highest BCUT2D eigenvalue weighted by Crippen LogP contribution is 2.41. The quantitative estimate of drug-likeness (QED) is 0.590. The van der Waals surface area contributed by atoms with E-state index in [-0.39, 0.29) is 12.3 Å². The minimum Gasteiger partial charge on any atom is -0.481 e. The number of methoxy groups -OCH3 is 1. The zero-order valence-electron chi connectivity index (χ0n) is 12.2. The van der Waals surface area contributed by atoms with Gasteiger partial charge < -0.3 is 19.9 Å². The molecule has 2 N–H and O–H groups in total. The lowest BCUT2D eigenvalue weighted by molar-refractivity contribution is -0.151. The maximum atomic E-state index is 11.8. The fraction of sp³-hybridized carbons (Fsp3) is 0.857. The normalized spacial score (nSPS) is 17.1. The standard InChI is InChI=1S/C14H25NO5/c1-19-9-10-20-8-4-7-15-12(16)11-14(13(17)18)5-2-3-6-14/h2-11H2,1H3,(H,15,16)(H,17,18). The number of hydrogen-bond acceptors (Lipinski definition) is 4. The van der Waals surface area contributed by atoms with E-state index in [1.807, 2.05) is 0 Å². The van der Waals surface area contributed by atoms with Gasteiger partial charge >= 0.3 is 5.97 Å². The number of carboxylic acid groups (broad SMARTS) is 1. The minimum absolute atomic E-state index is 0.0901. The average Bonchev–Trinajstić information content (AvgIpc) is 2.87. The number of carboxylic acids is 1. The van der Waals surface area contributed by atoms with Crippen LogP contribution in [0.3, 0.4) is 0 Å². The Morgan fingerprint density at radius 3 is 2.50 bits per heavy atom. The van der Waals surface area contributed by atoms with Crippen LogP contribution in [0.2, 0.25) is 0 Å². The highest BCUT2D eigenvalue weighted by atomic mass is 16.5. The Hall–Kier alpha value is -1.14. The van der Waals surface area contributed by atoms with Gasteiger partial charge in [0.15, 0.2) is 0 Å². The van der Waals surface area contributed by atoms with Crippen molar-refractivity contribution in [2.45, 2.75) is 38.5 Å². The summed E-state index contributed by atoms with van der Waals surface area (Å²) in [5, 5.41) is 12.1. The van der Waals surface area contributed by atoms with Crippen LogP contribution in [0.4, 0.5) is 0 Å². The molecule has 1 fully saturated rings. The predicted molar refractivity (Wildman–Crippen MR) is 73.5 cm³/mol. The highest BCUT2D eigenvalue weighted by Gasteiger charge is 2.42. The van der Waals surface area contributed by atoms with Crippen LogP contribution in [0.15, 0.2) is 0 Å². The van der Waals surface area contributed by atoms with Crippen LogP contribution in [0.5, 0.6) is 0 Å². The monoisotopic (exact) mass is 287 g/mol. The lowest BCUT2D eigenvalue weighted by Crippen LogP contribution is -2.36. The van der Waals surface area contributed by atoms with Gasteiger partial charge in [-0.05, 0) is 19.3 Å². The summed E-state index contributed by atoms with van der Waals surface area (Å²) in [6, 6.07) is 0. The van der Waals surface area contributed by atoms with E-state index < -0.39 is 11.4 Å². The Morgan fingerprint density at radius 2 is 1.90 bits per heavy atom. The molecule has 0 atom stereocenters. The summed E-state index contributed by atoms with van der Waals surface area (Å²) in [4.78, 5) is 23.1. The first-order valence-electron chi connectivity index (χ1n) is 7.17. The smallest absolute Gasteiger partial charge is 0.310 e. The number of carbonyl (C=O) groups is 2. The number of nitrogens with one attached hydrogen (secondary N) is 1. The van der Waals surface area contributed by atoms with Gasteiger partial charge in [-0.1, -0.05) is 12.8 Å². The van der Waals surface area contributed by atoms with Gasteiger partial charge in [0.2, 0.25) is 5.91 Å². The van der Waals surface area contributed by atoms with Crippen LogP contribution in [0.1, 0.15) is 38.5 Å². The van der Waals surface area contributed by atoms with E-state index in [9.17, 15) is 14.7 Å². The van der Waals surface area contributed by atoms with Gasteiger partial charge in [-0.25, -0.2) is 0 Å². The first-order valence-corrected chi connectivity index (χ1v) is 7.17. The number of hydrogen-bond donors (Lipinski definition) is 2. The van der Waals surface area contributed by atoms with E-state index in [0.717, 1.165) is 19.3 Å². The summed E-state index contributed by atoms with van der Waals surface area (Å²) in [6.07, 6.45) is 3.81. The van der Waals surface area contributed by atoms with Gasteiger partial charge in [0.1, 0.15) is 0 Å². The Balaban J connectivity index is 2.15. The summed E-state index contributed by atoms with van der Waals surface area (Å²) in [5.74, 6) is -1.01. The summed E-state index contributed by atoms with van der Waals surface area (Å²) in [5.41, 5.74) is -0.834. The Kier molecular flexibility index (Phi) is 7.54. The maximum Gasteiger partial charge on any atom is 0.310 e. The van der Waals surface area contributed by atoms with Crippen molar-refractivity contribution in [3.63, 3.8) is 0 Å². The van der Waals surface area contributed by atoms with Crippen molar-refractivity contribution in [1.29, 1.82) is 0 Å². The van der Waals surface area contributed by atoms with Crippen molar-refractivity contribution in [2.75, 3.05) is 33.5 Å². The van der Waals surface area contributed by atoms with Crippen LogP contribution in [0.25, 0.3) is 0 Å². The molecule has 0 aromatic rings. The van der Waals surface area contributed by atoms with Crippen LogP contribution >= 0.6 is 0 Å². The molecule has 1 aliphatic rings. The topological polar surface area (TPSA) is 84.9 Å². The van der Waals surface area contributed by atoms with Crippen LogP contribution in [0, 0.1) is 5.41 Å². The fourth-order valence-electron chi connectivity index (χ4n) is 2.53. The van der Waals surface area contributed by atoms with E-state index in [1.165, 1.54) is 0 Å². The average molecular weight is 287 g/mol. The molecule has 6 heteroatoms. The third-order valence-electron chi connectivity index (χ3n) is 3.73. The molecular weight excluding hydrogens is 262 g/mol. The largest absolute Gasteiger partial charge is 0.481 e. The number of rotatable bonds is 10. The lowest BCUT2D eigenvalue weighted by atomic mass is 9.82.